The van der Waals surface area contributed by atoms with Crippen molar-refractivity contribution in [2.24, 2.45) is 0 Å². The van der Waals surface area contributed by atoms with Gasteiger partial charge in [0.2, 0.25) is 0 Å². The molecule has 1 N–H and O–H groups in total. The van der Waals surface area contributed by atoms with Crippen LogP contribution in [0.3, 0.4) is 0 Å². The predicted molar refractivity (Wildman–Crippen MR) is 74.1 cm³/mol. The van der Waals surface area contributed by atoms with Crippen LogP contribution in [0.4, 0.5) is 0 Å². The Labute approximate surface area is 110 Å². The van der Waals surface area contributed by atoms with E-state index in [-0.39, 0.29) is 0 Å². The monoisotopic (exact) mass is 303 g/mol. The predicted octanol–water partition coefficient (Wildman–Crippen LogP) is 3.75. The van der Waals surface area contributed by atoms with Crippen molar-refractivity contribution in [3.63, 3.8) is 0 Å². The fraction of sp³-hybridized carbons (Fsp3) is 0.500. The molecular weight excluding hydrogens is 286 g/mol. The Balaban J connectivity index is 2.18. The van der Waals surface area contributed by atoms with E-state index in [9.17, 15) is 0 Å². The lowest BCUT2D eigenvalue weighted by Gasteiger charge is -2.13. The second-order valence-corrected chi connectivity index (χ2v) is 5.62. The summed E-state index contributed by atoms with van der Waals surface area (Å²) in [6.07, 6.45) is 0. The number of thiophene rings is 1. The van der Waals surface area contributed by atoms with Gasteiger partial charge in [-0.15, -0.1) is 11.3 Å². The highest BCUT2D eigenvalue weighted by molar-refractivity contribution is 9.10. The van der Waals surface area contributed by atoms with E-state index in [0.29, 0.717) is 12.6 Å². The smallest absolute Gasteiger partial charge is 0.0672 e. The van der Waals surface area contributed by atoms with Crippen molar-refractivity contribution in [1.82, 2.24) is 5.32 Å². The van der Waals surface area contributed by atoms with Crippen LogP contribution in [0.1, 0.15) is 24.8 Å². The van der Waals surface area contributed by atoms with Crippen molar-refractivity contribution in [3.05, 3.63) is 32.9 Å². The number of halogens is 1. The average molecular weight is 304 g/mol. The third kappa shape index (κ3) is 4.78. The molecule has 0 radical (unpaired) electrons. The molecule has 4 heteroatoms. The summed E-state index contributed by atoms with van der Waals surface area (Å²) in [6.45, 7) is 10.2. The van der Waals surface area contributed by atoms with Gasteiger partial charge >= 0.3 is 0 Å². The summed E-state index contributed by atoms with van der Waals surface area (Å²) in [5.74, 6) is 0. The van der Waals surface area contributed by atoms with E-state index < -0.39 is 0 Å². The standard InChI is InChI=1S/C12H18BrNOS/c1-9(2)8-15-6-5-14-10(3)12-11(13)4-7-16-12/h4,7,10,14H,1,5-6,8H2,2-3H3. The molecule has 16 heavy (non-hydrogen) atoms. The second kappa shape index (κ2) is 7.22. The first-order valence-corrected chi connectivity index (χ1v) is 6.97. The molecule has 0 saturated carbocycles. The SMILES string of the molecule is C=C(C)COCCNC(C)c1sccc1Br. The zero-order valence-electron chi connectivity index (χ0n) is 9.75. The molecule has 90 valence electrons. The second-order valence-electron chi connectivity index (χ2n) is 3.82. The Morgan fingerprint density at radius 3 is 3.00 bits per heavy atom. The third-order valence-corrected chi connectivity index (χ3v) is 4.14. The fourth-order valence-electron chi connectivity index (χ4n) is 1.30. The molecule has 2 nitrogen and oxygen atoms in total. The van der Waals surface area contributed by atoms with Crippen molar-refractivity contribution in [2.75, 3.05) is 19.8 Å². The first kappa shape index (κ1) is 13.9. The summed E-state index contributed by atoms with van der Waals surface area (Å²) in [7, 11) is 0. The Morgan fingerprint density at radius 2 is 2.44 bits per heavy atom. The molecule has 1 heterocycles. The molecule has 0 aliphatic heterocycles. The van der Waals surface area contributed by atoms with E-state index in [1.54, 1.807) is 11.3 Å². The van der Waals surface area contributed by atoms with Crippen LogP contribution in [-0.2, 0) is 4.74 Å². The van der Waals surface area contributed by atoms with Gasteiger partial charge in [-0.3, -0.25) is 0 Å². The largest absolute Gasteiger partial charge is 0.376 e. The van der Waals surface area contributed by atoms with Crippen molar-refractivity contribution < 1.29 is 4.74 Å². The van der Waals surface area contributed by atoms with Gasteiger partial charge in [-0.25, -0.2) is 0 Å². The zero-order chi connectivity index (χ0) is 12.0. The number of nitrogens with one attached hydrogen (secondary N) is 1. The van der Waals surface area contributed by atoms with Crippen molar-refractivity contribution in [1.29, 1.82) is 0 Å². The quantitative estimate of drug-likeness (QED) is 0.612. The van der Waals surface area contributed by atoms with Gasteiger partial charge in [-0.1, -0.05) is 12.2 Å². The first-order chi connectivity index (χ1) is 7.61. The maximum absolute atomic E-state index is 5.42. The van der Waals surface area contributed by atoms with Gasteiger partial charge in [0.1, 0.15) is 0 Å². The van der Waals surface area contributed by atoms with Gasteiger partial charge in [0, 0.05) is 21.9 Å². The molecule has 0 aromatic carbocycles. The molecule has 0 amide bonds. The van der Waals surface area contributed by atoms with Crippen molar-refractivity contribution in [2.45, 2.75) is 19.9 Å². The molecule has 0 spiro atoms. The van der Waals surface area contributed by atoms with Gasteiger partial charge in [0.15, 0.2) is 0 Å². The van der Waals surface area contributed by atoms with Crippen LogP contribution >= 0.6 is 27.3 Å². The van der Waals surface area contributed by atoms with E-state index >= 15 is 0 Å². The van der Waals surface area contributed by atoms with Gasteiger partial charge in [-0.05, 0) is 41.2 Å². The first-order valence-electron chi connectivity index (χ1n) is 5.29. The van der Waals surface area contributed by atoms with Gasteiger partial charge in [0.25, 0.3) is 0 Å². The Bertz CT molecular complexity index is 338. The van der Waals surface area contributed by atoms with E-state index in [4.69, 9.17) is 4.74 Å². The van der Waals surface area contributed by atoms with Crippen molar-refractivity contribution in [3.8, 4) is 0 Å². The highest BCUT2D eigenvalue weighted by Gasteiger charge is 2.09. The molecule has 1 aromatic heterocycles. The Morgan fingerprint density at radius 1 is 1.69 bits per heavy atom. The van der Waals surface area contributed by atoms with Crippen LogP contribution < -0.4 is 5.32 Å². The number of hydrogen-bond acceptors (Lipinski definition) is 3. The highest BCUT2D eigenvalue weighted by atomic mass is 79.9. The molecule has 1 rings (SSSR count). The lowest BCUT2D eigenvalue weighted by molar-refractivity contribution is 0.156. The highest BCUT2D eigenvalue weighted by Crippen LogP contribution is 2.28. The molecular formula is C12H18BrNOS. The summed E-state index contributed by atoms with van der Waals surface area (Å²) >= 11 is 5.30. The number of ether oxygens (including phenoxy) is 1. The van der Waals surface area contributed by atoms with Crippen LogP contribution in [-0.4, -0.2) is 19.8 Å². The normalized spacial score (nSPS) is 12.7. The van der Waals surface area contributed by atoms with Gasteiger partial charge < -0.3 is 10.1 Å². The minimum absolute atomic E-state index is 0.364. The van der Waals surface area contributed by atoms with Crippen LogP contribution in [0.2, 0.25) is 0 Å². The molecule has 0 bridgehead atoms. The number of rotatable bonds is 7. The van der Waals surface area contributed by atoms with Crippen LogP contribution in [0.15, 0.2) is 28.1 Å². The van der Waals surface area contributed by atoms with Crippen LogP contribution in [0.25, 0.3) is 0 Å². The van der Waals surface area contributed by atoms with Crippen LogP contribution in [0.5, 0.6) is 0 Å². The maximum atomic E-state index is 5.42. The summed E-state index contributed by atoms with van der Waals surface area (Å²) in [5.41, 5.74) is 1.06. The van der Waals surface area contributed by atoms with E-state index in [1.807, 2.05) is 6.92 Å². The summed E-state index contributed by atoms with van der Waals surface area (Å²) in [6, 6.07) is 2.44. The van der Waals surface area contributed by atoms with Gasteiger partial charge in [-0.2, -0.15) is 0 Å². The fourth-order valence-corrected chi connectivity index (χ4v) is 3.05. The molecule has 0 saturated heterocycles. The minimum atomic E-state index is 0.364. The summed E-state index contributed by atoms with van der Waals surface area (Å²) in [5, 5.41) is 5.52. The Kier molecular flexibility index (Phi) is 6.28. The molecule has 0 aliphatic carbocycles. The third-order valence-electron chi connectivity index (χ3n) is 2.08. The minimum Gasteiger partial charge on any atom is -0.376 e. The summed E-state index contributed by atoms with van der Waals surface area (Å²) in [4.78, 5) is 1.33. The maximum Gasteiger partial charge on any atom is 0.0672 e. The molecule has 0 aliphatic rings. The average Bonchev–Trinajstić information content (AvgIpc) is 2.63. The Hall–Kier alpha value is -0.160. The number of hydrogen-bond donors (Lipinski definition) is 1. The molecule has 1 unspecified atom stereocenters. The molecule has 1 aromatic rings. The lowest BCUT2D eigenvalue weighted by atomic mass is 10.3. The topological polar surface area (TPSA) is 21.3 Å². The summed E-state index contributed by atoms with van der Waals surface area (Å²) < 4.78 is 6.60. The zero-order valence-corrected chi connectivity index (χ0v) is 12.2. The van der Waals surface area contributed by atoms with E-state index in [2.05, 4.69) is 46.2 Å². The molecule has 1 atom stereocenters. The molecule has 0 fully saturated rings. The van der Waals surface area contributed by atoms with E-state index in [0.717, 1.165) is 18.7 Å². The van der Waals surface area contributed by atoms with Crippen LogP contribution in [0, 0.1) is 0 Å². The van der Waals surface area contributed by atoms with Crippen molar-refractivity contribution >= 4 is 27.3 Å². The van der Waals surface area contributed by atoms with Gasteiger partial charge in [0.05, 0.1) is 13.2 Å². The van der Waals surface area contributed by atoms with E-state index in [1.165, 1.54) is 9.35 Å². The lowest BCUT2D eigenvalue weighted by Crippen LogP contribution is -2.23.